The van der Waals surface area contributed by atoms with Crippen LogP contribution in [0, 0.1) is 5.82 Å². The highest BCUT2D eigenvalue weighted by Gasteiger charge is 2.06. The van der Waals surface area contributed by atoms with Crippen LogP contribution in [0.2, 0.25) is 0 Å². The highest BCUT2D eigenvalue weighted by Crippen LogP contribution is 2.17. The highest BCUT2D eigenvalue weighted by atomic mass is 79.9. The summed E-state index contributed by atoms with van der Waals surface area (Å²) in [5.41, 5.74) is 5.71. The maximum Gasteiger partial charge on any atom is 0.164 e. The van der Waals surface area contributed by atoms with Crippen LogP contribution in [-0.2, 0) is 0 Å². The Morgan fingerprint density at radius 1 is 1.54 bits per heavy atom. The second-order valence-corrected chi connectivity index (χ2v) is 3.45. The van der Waals surface area contributed by atoms with Gasteiger partial charge < -0.3 is 5.73 Å². The predicted molar refractivity (Wildman–Crippen MR) is 52.1 cm³/mol. The van der Waals surface area contributed by atoms with E-state index in [-0.39, 0.29) is 18.0 Å². The van der Waals surface area contributed by atoms with Crippen LogP contribution in [-0.4, -0.2) is 12.3 Å². The average Bonchev–Trinajstić information content (AvgIpc) is 2.10. The van der Waals surface area contributed by atoms with Crippen molar-refractivity contribution >= 4 is 21.7 Å². The van der Waals surface area contributed by atoms with Crippen LogP contribution >= 0.6 is 15.9 Å². The molecule has 0 saturated carbocycles. The number of Topliss-reactive ketones (excluding diaryl/α,β-unsaturated/α-hetero) is 1. The number of hydrogen-bond donors (Lipinski definition) is 1. The van der Waals surface area contributed by atoms with Gasteiger partial charge in [-0.05, 0) is 40.7 Å². The van der Waals surface area contributed by atoms with E-state index in [2.05, 4.69) is 15.9 Å². The van der Waals surface area contributed by atoms with Gasteiger partial charge in [0.2, 0.25) is 0 Å². The molecule has 0 bridgehead atoms. The van der Waals surface area contributed by atoms with E-state index in [1.165, 1.54) is 18.2 Å². The van der Waals surface area contributed by atoms with E-state index in [1.807, 2.05) is 0 Å². The highest BCUT2D eigenvalue weighted by molar-refractivity contribution is 9.10. The van der Waals surface area contributed by atoms with Crippen LogP contribution in [0.3, 0.4) is 0 Å². The van der Waals surface area contributed by atoms with Crippen LogP contribution in [0.5, 0.6) is 0 Å². The summed E-state index contributed by atoms with van der Waals surface area (Å²) >= 11 is 3.01. The molecule has 0 aliphatic rings. The lowest BCUT2D eigenvalue weighted by Gasteiger charge is -2.00. The summed E-state index contributed by atoms with van der Waals surface area (Å²) in [6.45, 7) is 0.313. The number of carbonyl (C=O) groups excluding carboxylic acids is 1. The van der Waals surface area contributed by atoms with Gasteiger partial charge >= 0.3 is 0 Å². The summed E-state index contributed by atoms with van der Waals surface area (Å²) in [7, 11) is 0. The van der Waals surface area contributed by atoms with Gasteiger partial charge in [0.1, 0.15) is 5.82 Å². The minimum Gasteiger partial charge on any atom is -0.330 e. The zero-order valence-electron chi connectivity index (χ0n) is 6.89. The van der Waals surface area contributed by atoms with Gasteiger partial charge in [0, 0.05) is 12.0 Å². The maximum atomic E-state index is 12.8. The molecule has 4 heteroatoms. The predicted octanol–water partition coefficient (Wildman–Crippen LogP) is 2.12. The average molecular weight is 246 g/mol. The summed E-state index contributed by atoms with van der Waals surface area (Å²) < 4.78 is 13.1. The van der Waals surface area contributed by atoms with Gasteiger partial charge in [-0.3, -0.25) is 4.79 Å². The van der Waals surface area contributed by atoms with Gasteiger partial charge in [-0.1, -0.05) is 0 Å². The van der Waals surface area contributed by atoms with E-state index in [1.54, 1.807) is 0 Å². The topological polar surface area (TPSA) is 43.1 Å². The second kappa shape index (κ2) is 4.48. The molecule has 0 aliphatic carbocycles. The van der Waals surface area contributed by atoms with E-state index >= 15 is 0 Å². The number of halogens is 2. The van der Waals surface area contributed by atoms with Crippen molar-refractivity contribution in [2.24, 2.45) is 5.73 Å². The molecule has 1 aromatic rings. The maximum absolute atomic E-state index is 12.8. The summed E-state index contributed by atoms with van der Waals surface area (Å²) in [6.07, 6.45) is 0.290. The standard InChI is InChI=1S/C9H9BrFNO/c10-7-5-6(1-2-8(7)11)9(13)3-4-12/h1-2,5H,3-4,12H2. The van der Waals surface area contributed by atoms with Crippen LogP contribution in [0.1, 0.15) is 16.8 Å². The van der Waals surface area contributed by atoms with Crippen molar-refractivity contribution in [2.45, 2.75) is 6.42 Å². The molecular weight excluding hydrogens is 237 g/mol. The molecule has 0 saturated heterocycles. The minimum absolute atomic E-state index is 0.0665. The lowest BCUT2D eigenvalue weighted by atomic mass is 10.1. The Hall–Kier alpha value is -0.740. The van der Waals surface area contributed by atoms with Crippen molar-refractivity contribution in [1.29, 1.82) is 0 Å². The van der Waals surface area contributed by atoms with E-state index in [9.17, 15) is 9.18 Å². The number of ketones is 1. The van der Waals surface area contributed by atoms with Crippen molar-refractivity contribution in [3.05, 3.63) is 34.1 Å². The second-order valence-electron chi connectivity index (χ2n) is 2.59. The molecule has 2 nitrogen and oxygen atoms in total. The van der Waals surface area contributed by atoms with Gasteiger partial charge in [-0.15, -0.1) is 0 Å². The molecule has 2 N–H and O–H groups in total. The molecule has 0 radical (unpaired) electrons. The summed E-state index contributed by atoms with van der Waals surface area (Å²) in [5, 5.41) is 0. The Balaban J connectivity index is 2.90. The monoisotopic (exact) mass is 245 g/mol. The van der Waals surface area contributed by atoms with Crippen LogP contribution < -0.4 is 5.73 Å². The van der Waals surface area contributed by atoms with Crippen molar-refractivity contribution in [3.8, 4) is 0 Å². The quantitative estimate of drug-likeness (QED) is 0.830. The number of rotatable bonds is 3. The summed E-state index contributed by atoms with van der Waals surface area (Å²) in [5.74, 6) is -0.438. The molecule has 70 valence electrons. The lowest BCUT2D eigenvalue weighted by molar-refractivity contribution is 0.0985. The molecule has 0 fully saturated rings. The molecule has 1 aromatic carbocycles. The van der Waals surface area contributed by atoms with Gasteiger partial charge in [-0.2, -0.15) is 0 Å². The molecule has 0 aliphatic heterocycles. The molecule has 0 heterocycles. The van der Waals surface area contributed by atoms with Crippen molar-refractivity contribution in [3.63, 3.8) is 0 Å². The molecular formula is C9H9BrFNO. The van der Waals surface area contributed by atoms with Gasteiger partial charge in [0.25, 0.3) is 0 Å². The van der Waals surface area contributed by atoms with Gasteiger partial charge in [0.15, 0.2) is 5.78 Å². The Labute approximate surface area is 84.1 Å². The van der Waals surface area contributed by atoms with Crippen LogP contribution in [0.25, 0.3) is 0 Å². The Morgan fingerprint density at radius 3 is 2.77 bits per heavy atom. The zero-order chi connectivity index (χ0) is 9.84. The third-order valence-corrected chi connectivity index (χ3v) is 2.22. The third kappa shape index (κ3) is 2.60. The molecule has 0 atom stereocenters. The number of nitrogens with two attached hydrogens (primary N) is 1. The Bertz CT molecular complexity index is 327. The summed E-state index contributed by atoms with van der Waals surface area (Å²) in [4.78, 5) is 11.3. The molecule has 0 aromatic heterocycles. The zero-order valence-corrected chi connectivity index (χ0v) is 8.47. The van der Waals surface area contributed by atoms with Crippen LogP contribution in [0.15, 0.2) is 22.7 Å². The van der Waals surface area contributed by atoms with Crippen LogP contribution in [0.4, 0.5) is 4.39 Å². The number of benzene rings is 1. The normalized spacial score (nSPS) is 10.1. The first-order valence-electron chi connectivity index (χ1n) is 3.83. The molecule has 0 amide bonds. The molecule has 0 unspecified atom stereocenters. The largest absolute Gasteiger partial charge is 0.330 e. The lowest BCUT2D eigenvalue weighted by Crippen LogP contribution is -2.08. The fourth-order valence-electron chi connectivity index (χ4n) is 0.945. The fourth-order valence-corrected chi connectivity index (χ4v) is 1.32. The van der Waals surface area contributed by atoms with E-state index < -0.39 is 0 Å². The first-order valence-corrected chi connectivity index (χ1v) is 4.62. The minimum atomic E-state index is -0.371. The SMILES string of the molecule is NCCC(=O)c1ccc(F)c(Br)c1. The third-order valence-electron chi connectivity index (χ3n) is 1.61. The van der Waals surface area contributed by atoms with Gasteiger partial charge in [0.05, 0.1) is 4.47 Å². The Morgan fingerprint density at radius 2 is 2.23 bits per heavy atom. The van der Waals surface area contributed by atoms with Crippen molar-refractivity contribution in [2.75, 3.05) is 6.54 Å². The van der Waals surface area contributed by atoms with Crippen molar-refractivity contribution < 1.29 is 9.18 Å². The van der Waals surface area contributed by atoms with E-state index in [4.69, 9.17) is 5.73 Å². The fraction of sp³-hybridized carbons (Fsp3) is 0.222. The smallest absolute Gasteiger partial charge is 0.164 e. The molecule has 13 heavy (non-hydrogen) atoms. The number of hydrogen-bond acceptors (Lipinski definition) is 2. The molecule has 0 spiro atoms. The Kier molecular flexibility index (Phi) is 3.57. The molecule has 1 rings (SSSR count). The summed E-state index contributed by atoms with van der Waals surface area (Å²) in [6, 6.07) is 4.18. The first kappa shape index (κ1) is 10.3. The van der Waals surface area contributed by atoms with Gasteiger partial charge in [-0.25, -0.2) is 4.39 Å². The number of carbonyl (C=O) groups is 1. The van der Waals surface area contributed by atoms with Crippen molar-refractivity contribution in [1.82, 2.24) is 0 Å². The van der Waals surface area contributed by atoms with E-state index in [0.717, 1.165) is 0 Å². The van der Waals surface area contributed by atoms with E-state index in [0.29, 0.717) is 16.6 Å². The first-order chi connectivity index (χ1) is 6.15.